The van der Waals surface area contributed by atoms with Crippen molar-refractivity contribution >= 4 is 11.6 Å². The standard InChI is InChI=1S/C18H26N2O/c19-17-12-15(14-7-3-1-4-8-14)11-16(13-17)18(21)20-9-5-2-6-10-20/h11-14H,1-10,19H2. The van der Waals surface area contributed by atoms with Gasteiger partial charge in [0.25, 0.3) is 5.91 Å². The third-order valence-corrected chi connectivity index (χ3v) is 4.94. The molecule has 1 saturated heterocycles. The van der Waals surface area contributed by atoms with Gasteiger partial charge in [-0.25, -0.2) is 0 Å². The normalized spacial score (nSPS) is 20.5. The van der Waals surface area contributed by atoms with E-state index in [9.17, 15) is 4.79 Å². The maximum Gasteiger partial charge on any atom is 0.253 e. The predicted octanol–water partition coefficient (Wildman–Crippen LogP) is 3.94. The van der Waals surface area contributed by atoms with Crippen molar-refractivity contribution < 1.29 is 4.79 Å². The molecule has 1 aliphatic heterocycles. The number of hydrogen-bond acceptors (Lipinski definition) is 2. The fourth-order valence-electron chi connectivity index (χ4n) is 3.75. The highest BCUT2D eigenvalue weighted by atomic mass is 16.2. The van der Waals surface area contributed by atoms with E-state index < -0.39 is 0 Å². The van der Waals surface area contributed by atoms with Gasteiger partial charge in [0.2, 0.25) is 0 Å². The minimum absolute atomic E-state index is 0.166. The van der Waals surface area contributed by atoms with Crippen LogP contribution < -0.4 is 5.73 Å². The second-order valence-corrected chi connectivity index (χ2v) is 6.58. The molecule has 3 rings (SSSR count). The summed E-state index contributed by atoms with van der Waals surface area (Å²) in [5.41, 5.74) is 8.86. The van der Waals surface area contributed by atoms with Gasteiger partial charge < -0.3 is 10.6 Å². The monoisotopic (exact) mass is 286 g/mol. The lowest BCUT2D eigenvalue weighted by atomic mass is 9.83. The first-order valence-corrected chi connectivity index (χ1v) is 8.44. The third kappa shape index (κ3) is 3.39. The summed E-state index contributed by atoms with van der Waals surface area (Å²) < 4.78 is 0. The van der Waals surface area contributed by atoms with Crippen LogP contribution in [0.4, 0.5) is 5.69 Å². The summed E-state index contributed by atoms with van der Waals surface area (Å²) in [5.74, 6) is 0.759. The Kier molecular flexibility index (Phi) is 4.47. The highest BCUT2D eigenvalue weighted by Crippen LogP contribution is 2.34. The molecule has 0 spiro atoms. The maximum absolute atomic E-state index is 12.7. The van der Waals surface area contributed by atoms with Gasteiger partial charge >= 0.3 is 0 Å². The molecular formula is C18H26N2O. The van der Waals surface area contributed by atoms with E-state index >= 15 is 0 Å². The topological polar surface area (TPSA) is 46.3 Å². The molecule has 2 fully saturated rings. The van der Waals surface area contributed by atoms with Gasteiger partial charge in [0, 0.05) is 24.3 Å². The lowest BCUT2D eigenvalue weighted by Crippen LogP contribution is -2.35. The zero-order valence-corrected chi connectivity index (χ0v) is 12.8. The summed E-state index contributed by atoms with van der Waals surface area (Å²) in [4.78, 5) is 14.6. The molecule has 2 aliphatic rings. The Morgan fingerprint density at radius 3 is 2.33 bits per heavy atom. The van der Waals surface area contributed by atoms with E-state index in [1.54, 1.807) is 0 Å². The molecular weight excluding hydrogens is 260 g/mol. The van der Waals surface area contributed by atoms with Gasteiger partial charge in [0.15, 0.2) is 0 Å². The van der Waals surface area contributed by atoms with Gasteiger partial charge in [0.05, 0.1) is 0 Å². The average Bonchev–Trinajstić information content (AvgIpc) is 2.55. The van der Waals surface area contributed by atoms with Crippen LogP contribution in [-0.2, 0) is 0 Å². The minimum atomic E-state index is 0.166. The number of nitrogen functional groups attached to an aromatic ring is 1. The number of likely N-dealkylation sites (tertiary alicyclic amines) is 1. The van der Waals surface area contributed by atoms with Crippen LogP contribution in [0, 0.1) is 0 Å². The summed E-state index contributed by atoms with van der Waals surface area (Å²) in [6.45, 7) is 1.79. The fraction of sp³-hybridized carbons (Fsp3) is 0.611. The van der Waals surface area contributed by atoms with E-state index in [-0.39, 0.29) is 5.91 Å². The molecule has 0 bridgehead atoms. The summed E-state index contributed by atoms with van der Waals surface area (Å²) in [6.07, 6.45) is 9.92. The summed E-state index contributed by atoms with van der Waals surface area (Å²) in [6, 6.07) is 6.02. The molecule has 1 aromatic carbocycles. The van der Waals surface area contributed by atoms with Crippen LogP contribution in [0.1, 0.15) is 73.2 Å². The van der Waals surface area contributed by atoms with Crippen LogP contribution in [-0.4, -0.2) is 23.9 Å². The molecule has 0 atom stereocenters. The highest BCUT2D eigenvalue weighted by Gasteiger charge is 2.21. The van der Waals surface area contributed by atoms with Crippen LogP contribution in [0.5, 0.6) is 0 Å². The lowest BCUT2D eigenvalue weighted by Gasteiger charge is -2.28. The van der Waals surface area contributed by atoms with Crippen molar-refractivity contribution in [2.24, 2.45) is 0 Å². The van der Waals surface area contributed by atoms with E-state index in [4.69, 9.17) is 5.73 Å². The Hall–Kier alpha value is -1.51. The van der Waals surface area contributed by atoms with Crippen molar-refractivity contribution in [3.63, 3.8) is 0 Å². The molecule has 1 aliphatic carbocycles. The van der Waals surface area contributed by atoms with Crippen LogP contribution in [0.3, 0.4) is 0 Å². The van der Waals surface area contributed by atoms with E-state index in [2.05, 4.69) is 12.1 Å². The second kappa shape index (κ2) is 6.50. The summed E-state index contributed by atoms with van der Waals surface area (Å²) >= 11 is 0. The van der Waals surface area contributed by atoms with E-state index in [0.717, 1.165) is 37.2 Å². The Morgan fingerprint density at radius 1 is 0.952 bits per heavy atom. The molecule has 3 nitrogen and oxygen atoms in total. The van der Waals surface area contributed by atoms with Crippen molar-refractivity contribution in [2.75, 3.05) is 18.8 Å². The molecule has 0 aromatic heterocycles. The van der Waals surface area contributed by atoms with Gasteiger partial charge in [-0.15, -0.1) is 0 Å². The third-order valence-electron chi connectivity index (χ3n) is 4.94. The first-order valence-electron chi connectivity index (χ1n) is 8.44. The molecule has 0 unspecified atom stereocenters. The zero-order valence-electron chi connectivity index (χ0n) is 12.8. The quantitative estimate of drug-likeness (QED) is 0.837. The molecule has 2 N–H and O–H groups in total. The smallest absolute Gasteiger partial charge is 0.253 e. The molecule has 0 radical (unpaired) electrons. The number of carbonyl (C=O) groups excluding carboxylic acids is 1. The fourth-order valence-corrected chi connectivity index (χ4v) is 3.75. The first kappa shape index (κ1) is 14.4. The minimum Gasteiger partial charge on any atom is -0.399 e. The molecule has 114 valence electrons. The molecule has 1 heterocycles. The Balaban J connectivity index is 1.81. The van der Waals surface area contributed by atoms with E-state index in [1.165, 1.54) is 44.1 Å². The number of piperidine rings is 1. The number of hydrogen-bond donors (Lipinski definition) is 1. The van der Waals surface area contributed by atoms with Crippen LogP contribution >= 0.6 is 0 Å². The van der Waals surface area contributed by atoms with E-state index in [0.29, 0.717) is 5.92 Å². The first-order chi connectivity index (χ1) is 10.2. The predicted molar refractivity (Wildman–Crippen MR) is 86.4 cm³/mol. The van der Waals surface area contributed by atoms with Crippen molar-refractivity contribution in [1.82, 2.24) is 4.90 Å². The number of nitrogens with two attached hydrogens (primary N) is 1. The van der Waals surface area contributed by atoms with Gasteiger partial charge in [-0.1, -0.05) is 19.3 Å². The Morgan fingerprint density at radius 2 is 1.62 bits per heavy atom. The van der Waals surface area contributed by atoms with Crippen LogP contribution in [0.2, 0.25) is 0 Å². The SMILES string of the molecule is Nc1cc(C(=O)N2CCCCC2)cc(C2CCCCC2)c1. The van der Waals surface area contributed by atoms with Crippen molar-refractivity contribution in [3.05, 3.63) is 29.3 Å². The number of amides is 1. The molecule has 1 saturated carbocycles. The average molecular weight is 286 g/mol. The largest absolute Gasteiger partial charge is 0.399 e. The van der Waals surface area contributed by atoms with Gasteiger partial charge in [0.1, 0.15) is 0 Å². The molecule has 3 heteroatoms. The summed E-state index contributed by atoms with van der Waals surface area (Å²) in [7, 11) is 0. The molecule has 21 heavy (non-hydrogen) atoms. The van der Waals surface area contributed by atoms with Crippen molar-refractivity contribution in [2.45, 2.75) is 57.3 Å². The Bertz CT molecular complexity index is 500. The summed E-state index contributed by atoms with van der Waals surface area (Å²) in [5, 5.41) is 0. The van der Waals surface area contributed by atoms with Crippen LogP contribution in [0.25, 0.3) is 0 Å². The second-order valence-electron chi connectivity index (χ2n) is 6.58. The number of benzene rings is 1. The Labute approximate surface area is 127 Å². The van der Waals surface area contributed by atoms with E-state index in [1.807, 2.05) is 11.0 Å². The highest BCUT2D eigenvalue weighted by molar-refractivity contribution is 5.95. The van der Waals surface area contributed by atoms with Crippen LogP contribution in [0.15, 0.2) is 18.2 Å². The zero-order chi connectivity index (χ0) is 14.7. The molecule has 1 aromatic rings. The van der Waals surface area contributed by atoms with Crippen molar-refractivity contribution in [3.8, 4) is 0 Å². The van der Waals surface area contributed by atoms with Crippen molar-refractivity contribution in [1.29, 1.82) is 0 Å². The number of nitrogens with zero attached hydrogens (tertiary/aromatic N) is 1. The maximum atomic E-state index is 12.7. The number of anilines is 1. The number of carbonyl (C=O) groups is 1. The van der Waals surface area contributed by atoms with Gasteiger partial charge in [-0.2, -0.15) is 0 Å². The number of rotatable bonds is 2. The van der Waals surface area contributed by atoms with Gasteiger partial charge in [-0.3, -0.25) is 4.79 Å². The lowest BCUT2D eigenvalue weighted by molar-refractivity contribution is 0.0724. The molecule has 1 amide bonds. The van der Waals surface area contributed by atoms with Gasteiger partial charge in [-0.05, 0) is 61.8 Å².